The van der Waals surface area contributed by atoms with Crippen LogP contribution in [0.5, 0.6) is 0 Å². The Bertz CT molecular complexity index is 1350. The molecule has 1 atom stereocenters. The molecule has 40 heavy (non-hydrogen) atoms. The summed E-state index contributed by atoms with van der Waals surface area (Å²) in [4.78, 5) is 20.3. The van der Waals surface area contributed by atoms with Crippen molar-refractivity contribution in [2.24, 2.45) is 0 Å². The van der Waals surface area contributed by atoms with Crippen molar-refractivity contribution < 1.29 is 23.7 Å². The normalized spacial score (nSPS) is 18.9. The monoisotopic (exact) mass is 550 g/mol. The Labute approximate surface area is 236 Å². The highest BCUT2D eigenvalue weighted by molar-refractivity contribution is 5.80. The summed E-state index contributed by atoms with van der Waals surface area (Å²) in [5, 5.41) is 4.94. The second-order valence-electron chi connectivity index (χ2n) is 12.1. The van der Waals surface area contributed by atoms with Crippen LogP contribution in [-0.4, -0.2) is 58.6 Å². The summed E-state index contributed by atoms with van der Waals surface area (Å²) >= 11 is 0. The fourth-order valence-electron chi connectivity index (χ4n) is 5.65. The lowest BCUT2D eigenvalue weighted by Gasteiger charge is -2.41. The van der Waals surface area contributed by atoms with Gasteiger partial charge in [0, 0.05) is 31.5 Å². The zero-order valence-corrected chi connectivity index (χ0v) is 24.7. The minimum atomic E-state index is -0.948. The molecule has 0 aliphatic carbocycles. The van der Waals surface area contributed by atoms with Gasteiger partial charge < -0.3 is 23.8 Å². The Balaban J connectivity index is 1.61. The van der Waals surface area contributed by atoms with E-state index in [9.17, 15) is 4.79 Å². The molecule has 0 radical (unpaired) electrons. The Morgan fingerprint density at radius 2 is 1.85 bits per heavy atom. The molecule has 216 valence electrons. The molecule has 9 heteroatoms. The predicted octanol–water partition coefficient (Wildman–Crippen LogP) is 5.11. The van der Waals surface area contributed by atoms with Gasteiger partial charge >= 0.3 is 5.97 Å². The predicted molar refractivity (Wildman–Crippen MR) is 152 cm³/mol. The van der Waals surface area contributed by atoms with Crippen molar-refractivity contribution in [2.75, 3.05) is 31.7 Å². The van der Waals surface area contributed by atoms with Gasteiger partial charge in [0.25, 0.3) is 0 Å². The Morgan fingerprint density at radius 3 is 2.55 bits per heavy atom. The quantitative estimate of drug-likeness (QED) is 0.416. The average Bonchev–Trinajstić information content (AvgIpc) is 3.31. The van der Waals surface area contributed by atoms with E-state index in [2.05, 4.69) is 36.1 Å². The molecule has 0 saturated carbocycles. The minimum Gasteiger partial charge on any atom is -0.467 e. The maximum Gasteiger partial charge on any atom is 0.339 e. The van der Waals surface area contributed by atoms with Gasteiger partial charge in [0.05, 0.1) is 42.8 Å². The fraction of sp³-hybridized carbons (Fsp3) is 0.581. The van der Waals surface area contributed by atoms with Gasteiger partial charge in [0.15, 0.2) is 11.8 Å². The van der Waals surface area contributed by atoms with Gasteiger partial charge in [-0.3, -0.25) is 0 Å². The first-order chi connectivity index (χ1) is 19.1. The van der Waals surface area contributed by atoms with Gasteiger partial charge in [-0.25, -0.2) is 9.78 Å². The summed E-state index contributed by atoms with van der Waals surface area (Å²) in [5.41, 5.74) is 4.56. The minimum absolute atomic E-state index is 0.215. The van der Waals surface area contributed by atoms with Crippen molar-refractivity contribution in [3.8, 4) is 0 Å². The molecular formula is C31H42N4O5. The lowest BCUT2D eigenvalue weighted by molar-refractivity contribution is -0.164. The molecule has 9 nitrogen and oxygen atoms in total. The van der Waals surface area contributed by atoms with Gasteiger partial charge in [-0.05, 0) is 71.4 Å². The number of anilines is 1. The van der Waals surface area contributed by atoms with Crippen LogP contribution >= 0.6 is 0 Å². The number of hydrogen-bond donors (Lipinski definition) is 0. The van der Waals surface area contributed by atoms with Crippen LogP contribution in [0.4, 0.5) is 5.82 Å². The number of carbonyl (C=O) groups is 1. The van der Waals surface area contributed by atoms with Crippen molar-refractivity contribution in [1.29, 1.82) is 0 Å². The first-order valence-electron chi connectivity index (χ1n) is 14.3. The van der Waals surface area contributed by atoms with Gasteiger partial charge in [0.1, 0.15) is 5.82 Å². The third kappa shape index (κ3) is 6.16. The SMILES string of the molecule is COC(=O)[C@@H](OC(C)(C)C)c1c(C)nc2cc3nn2c1N1CCC(C)(CC1)OCCCc1ccccc1COC3. The Hall–Kier alpha value is -3.01. The van der Waals surface area contributed by atoms with Crippen molar-refractivity contribution in [3.63, 3.8) is 0 Å². The number of esters is 1. The van der Waals surface area contributed by atoms with Gasteiger partial charge in [-0.2, -0.15) is 9.61 Å². The van der Waals surface area contributed by atoms with Gasteiger partial charge in [-0.15, -0.1) is 0 Å². The standard InChI is InChI=1S/C31H42N4O5/c1-21-26(27(29(36)37-6)40-30(2,3)4)28-34-15-13-31(5,14-16-34)39-17-9-12-22-10-7-8-11-23(22)19-38-20-24-18-25(32-21)35(28)33-24/h7-8,10-11,18,27H,9,12-17,19-20H2,1-6H3/t27-/m0/s1. The number of carbonyl (C=O) groups excluding carboxylic acids is 1. The summed E-state index contributed by atoms with van der Waals surface area (Å²) in [7, 11) is 1.39. The zero-order chi connectivity index (χ0) is 28.5. The summed E-state index contributed by atoms with van der Waals surface area (Å²) in [5.74, 6) is 0.350. The Kier molecular flexibility index (Phi) is 8.17. The number of piperidine rings is 1. The van der Waals surface area contributed by atoms with Crippen molar-refractivity contribution >= 4 is 17.4 Å². The molecular weight excluding hydrogens is 508 g/mol. The van der Waals surface area contributed by atoms with E-state index in [1.165, 1.54) is 18.2 Å². The first-order valence-corrected chi connectivity index (χ1v) is 14.3. The van der Waals surface area contributed by atoms with Crippen LogP contribution in [0.1, 0.15) is 81.1 Å². The molecule has 4 bridgehead atoms. The molecule has 3 aliphatic rings. The third-order valence-electron chi connectivity index (χ3n) is 7.79. The molecule has 0 N–H and O–H groups in total. The molecule has 0 amide bonds. The molecule has 6 rings (SSSR count). The van der Waals surface area contributed by atoms with E-state index in [0.29, 0.717) is 36.7 Å². The molecule has 1 aromatic carbocycles. The van der Waals surface area contributed by atoms with E-state index in [1.54, 1.807) is 0 Å². The van der Waals surface area contributed by atoms with Crippen molar-refractivity contribution in [3.05, 3.63) is 58.4 Å². The molecule has 1 fully saturated rings. The number of aryl methyl sites for hydroxylation is 2. The molecule has 0 spiro atoms. The number of ether oxygens (including phenoxy) is 4. The molecule has 3 aliphatic heterocycles. The van der Waals surface area contributed by atoms with Crippen LogP contribution in [0.15, 0.2) is 30.3 Å². The van der Waals surface area contributed by atoms with Gasteiger partial charge in [-0.1, -0.05) is 24.3 Å². The van der Waals surface area contributed by atoms with Crippen LogP contribution in [0, 0.1) is 6.92 Å². The van der Waals surface area contributed by atoms with Crippen LogP contribution in [0.2, 0.25) is 0 Å². The summed E-state index contributed by atoms with van der Waals surface area (Å²) in [6.45, 7) is 13.0. The number of methoxy groups -OCH3 is 1. The molecule has 0 unspecified atom stereocenters. The fourth-order valence-corrected chi connectivity index (χ4v) is 5.65. The molecule has 1 saturated heterocycles. The number of benzene rings is 1. The maximum absolute atomic E-state index is 13.2. The first kappa shape index (κ1) is 28.5. The van der Waals surface area contributed by atoms with Crippen LogP contribution in [0.3, 0.4) is 0 Å². The average molecular weight is 551 g/mol. The molecule has 3 aromatic rings. The topological polar surface area (TPSA) is 87.4 Å². The summed E-state index contributed by atoms with van der Waals surface area (Å²) in [6.07, 6.45) is 2.67. The third-order valence-corrected chi connectivity index (χ3v) is 7.79. The van der Waals surface area contributed by atoms with Crippen LogP contribution < -0.4 is 4.90 Å². The number of fused-ring (bicyclic) bond motifs is 7. The highest BCUT2D eigenvalue weighted by atomic mass is 16.6. The lowest BCUT2D eigenvalue weighted by Crippen LogP contribution is -2.46. The van der Waals surface area contributed by atoms with E-state index >= 15 is 0 Å². The Morgan fingerprint density at radius 1 is 1.12 bits per heavy atom. The number of nitrogens with zero attached hydrogens (tertiary/aromatic N) is 4. The number of aromatic nitrogens is 3. The maximum atomic E-state index is 13.2. The van der Waals surface area contributed by atoms with E-state index in [-0.39, 0.29) is 5.60 Å². The highest BCUT2D eigenvalue weighted by Gasteiger charge is 2.38. The number of rotatable bonds is 3. The summed E-state index contributed by atoms with van der Waals surface area (Å²) in [6, 6.07) is 10.4. The van der Waals surface area contributed by atoms with Crippen LogP contribution in [-0.2, 0) is 43.4 Å². The van der Waals surface area contributed by atoms with Gasteiger partial charge in [0.2, 0.25) is 0 Å². The van der Waals surface area contributed by atoms with Crippen molar-refractivity contribution in [2.45, 2.75) is 90.8 Å². The molecule has 2 aromatic heterocycles. The smallest absolute Gasteiger partial charge is 0.339 e. The largest absolute Gasteiger partial charge is 0.467 e. The highest BCUT2D eigenvalue weighted by Crippen LogP contribution is 2.38. The van der Waals surface area contributed by atoms with E-state index in [4.69, 9.17) is 29.0 Å². The second kappa shape index (κ2) is 11.5. The van der Waals surface area contributed by atoms with E-state index < -0.39 is 17.7 Å². The van der Waals surface area contributed by atoms with E-state index in [1.807, 2.05) is 38.3 Å². The van der Waals surface area contributed by atoms with Crippen LogP contribution in [0.25, 0.3) is 5.65 Å². The molecule has 5 heterocycles. The summed E-state index contributed by atoms with van der Waals surface area (Å²) < 4.78 is 26.0. The second-order valence-corrected chi connectivity index (χ2v) is 12.1. The lowest BCUT2D eigenvalue weighted by atomic mass is 9.92. The van der Waals surface area contributed by atoms with Crippen molar-refractivity contribution in [1.82, 2.24) is 14.6 Å². The van der Waals surface area contributed by atoms with E-state index in [0.717, 1.165) is 50.3 Å². The number of hydrogen-bond acceptors (Lipinski definition) is 8. The zero-order valence-electron chi connectivity index (χ0n) is 24.7.